The first-order valence-electron chi connectivity index (χ1n) is 17.2. The molecule has 4 rings (SSSR count). The number of amides is 4. The molecule has 1 aromatic heterocycles. The Morgan fingerprint density at radius 3 is 2.28 bits per heavy atom. The third-order valence-corrected chi connectivity index (χ3v) is 9.17. The molecule has 258 valence electrons. The molecule has 1 aromatic carbocycles. The molecule has 0 radical (unpaired) electrons. The van der Waals surface area contributed by atoms with Gasteiger partial charge in [-0.15, -0.1) is 0 Å². The van der Waals surface area contributed by atoms with Crippen LogP contribution in [0, 0.1) is 17.7 Å². The summed E-state index contributed by atoms with van der Waals surface area (Å²) in [6, 6.07) is 4.55. The maximum atomic E-state index is 15.5. The second-order valence-corrected chi connectivity index (χ2v) is 13.4. The van der Waals surface area contributed by atoms with Gasteiger partial charge in [-0.3, -0.25) is 23.9 Å². The lowest BCUT2D eigenvalue weighted by atomic mass is 9.83. The van der Waals surface area contributed by atoms with Crippen molar-refractivity contribution in [1.29, 1.82) is 0 Å². The first-order valence-corrected chi connectivity index (χ1v) is 17.2. The van der Waals surface area contributed by atoms with E-state index in [-0.39, 0.29) is 42.2 Å². The summed E-state index contributed by atoms with van der Waals surface area (Å²) in [7, 11) is 2.00. The summed E-state index contributed by atoms with van der Waals surface area (Å²) in [5.74, 6) is -1.64. The maximum Gasteiger partial charge on any atom is 0.270 e. The zero-order chi connectivity index (χ0) is 34.1. The van der Waals surface area contributed by atoms with Crippen LogP contribution in [-0.4, -0.2) is 88.5 Å². The molecule has 2 aromatic rings. The van der Waals surface area contributed by atoms with E-state index in [4.69, 9.17) is 0 Å². The Labute approximate surface area is 278 Å². The van der Waals surface area contributed by atoms with Crippen LogP contribution in [0.25, 0.3) is 0 Å². The molecule has 2 fully saturated rings. The number of piperazine rings is 1. The molecule has 1 saturated heterocycles. The van der Waals surface area contributed by atoms with E-state index in [1.54, 1.807) is 28.6 Å². The number of hydrogen-bond donors (Lipinski definition) is 3. The molecule has 2 aliphatic rings. The molecule has 1 aliphatic carbocycles. The molecule has 12 heteroatoms. The van der Waals surface area contributed by atoms with Gasteiger partial charge in [0.1, 0.15) is 23.6 Å². The van der Waals surface area contributed by atoms with E-state index in [9.17, 15) is 19.2 Å². The predicted octanol–water partition coefficient (Wildman–Crippen LogP) is 3.77. The summed E-state index contributed by atoms with van der Waals surface area (Å²) in [5.41, 5.74) is 1.75. The number of aromatic nitrogens is 2. The van der Waals surface area contributed by atoms with E-state index in [2.05, 4.69) is 39.8 Å². The Balaban J connectivity index is 1.49. The summed E-state index contributed by atoms with van der Waals surface area (Å²) < 4.78 is 17.2. The van der Waals surface area contributed by atoms with Crippen LogP contribution in [0.5, 0.6) is 0 Å². The SMILES string of the molecule is CCC(=O)N[C@H](Cc1ccc(NC(=O)[C@@H](NC(=O)c2cc(CC(C)C)nn2CC)C2CCCCC2)c(F)c1)C(=O)N1CCN(C)CC1. The molecule has 2 heterocycles. The highest BCUT2D eigenvalue weighted by Gasteiger charge is 2.33. The fourth-order valence-corrected chi connectivity index (χ4v) is 6.47. The summed E-state index contributed by atoms with van der Waals surface area (Å²) in [6.07, 6.45) is 5.66. The second kappa shape index (κ2) is 16.9. The predicted molar refractivity (Wildman–Crippen MR) is 179 cm³/mol. The van der Waals surface area contributed by atoms with Gasteiger partial charge < -0.3 is 25.8 Å². The van der Waals surface area contributed by atoms with Gasteiger partial charge in [0.2, 0.25) is 17.7 Å². The van der Waals surface area contributed by atoms with Gasteiger partial charge in [0.25, 0.3) is 5.91 Å². The Morgan fingerprint density at radius 1 is 0.957 bits per heavy atom. The molecule has 47 heavy (non-hydrogen) atoms. The maximum absolute atomic E-state index is 15.5. The van der Waals surface area contributed by atoms with Crippen LogP contribution in [0.2, 0.25) is 0 Å². The highest BCUT2D eigenvalue weighted by Crippen LogP contribution is 2.28. The molecule has 0 bridgehead atoms. The van der Waals surface area contributed by atoms with Crippen LogP contribution >= 0.6 is 0 Å². The minimum absolute atomic E-state index is 0.00818. The van der Waals surface area contributed by atoms with Crippen molar-refractivity contribution in [3.05, 3.63) is 47.0 Å². The Morgan fingerprint density at radius 2 is 1.66 bits per heavy atom. The van der Waals surface area contributed by atoms with Crippen molar-refractivity contribution in [2.75, 3.05) is 38.5 Å². The van der Waals surface area contributed by atoms with Crippen molar-refractivity contribution >= 4 is 29.3 Å². The lowest BCUT2D eigenvalue weighted by molar-refractivity contribution is -0.137. The van der Waals surface area contributed by atoms with Crippen LogP contribution < -0.4 is 16.0 Å². The molecular weight excluding hydrogens is 601 g/mol. The summed E-state index contributed by atoms with van der Waals surface area (Å²) in [5, 5.41) is 13.1. The minimum atomic E-state index is -0.842. The number of nitrogens with zero attached hydrogens (tertiary/aromatic N) is 4. The first kappa shape index (κ1) is 36.0. The van der Waals surface area contributed by atoms with E-state index in [0.717, 1.165) is 57.3 Å². The summed E-state index contributed by atoms with van der Waals surface area (Å²) >= 11 is 0. The van der Waals surface area contributed by atoms with Crippen molar-refractivity contribution in [1.82, 2.24) is 30.2 Å². The second-order valence-electron chi connectivity index (χ2n) is 13.4. The van der Waals surface area contributed by atoms with Crippen LogP contribution in [0.1, 0.15) is 88.0 Å². The minimum Gasteiger partial charge on any atom is -0.344 e. The normalized spacial score (nSPS) is 17.3. The molecule has 0 unspecified atom stereocenters. The lowest BCUT2D eigenvalue weighted by Crippen LogP contribution is -2.54. The van der Waals surface area contributed by atoms with Crippen molar-refractivity contribution < 1.29 is 23.6 Å². The molecular formula is C35H52FN7O4. The fourth-order valence-electron chi connectivity index (χ4n) is 6.47. The number of halogens is 1. The zero-order valence-corrected chi connectivity index (χ0v) is 28.6. The smallest absolute Gasteiger partial charge is 0.270 e. The van der Waals surface area contributed by atoms with Crippen molar-refractivity contribution in [3.63, 3.8) is 0 Å². The highest BCUT2D eigenvalue weighted by molar-refractivity contribution is 6.01. The van der Waals surface area contributed by atoms with Crippen molar-refractivity contribution in [2.24, 2.45) is 11.8 Å². The Bertz CT molecular complexity index is 1400. The number of rotatable bonds is 13. The molecule has 0 spiro atoms. The Hall–Kier alpha value is -3.80. The van der Waals surface area contributed by atoms with Crippen LogP contribution in [0.3, 0.4) is 0 Å². The van der Waals surface area contributed by atoms with Gasteiger partial charge >= 0.3 is 0 Å². The van der Waals surface area contributed by atoms with E-state index < -0.39 is 23.8 Å². The fraction of sp³-hybridized carbons (Fsp3) is 0.629. The number of hydrogen-bond acceptors (Lipinski definition) is 6. The van der Waals surface area contributed by atoms with Crippen molar-refractivity contribution in [3.8, 4) is 0 Å². The van der Waals surface area contributed by atoms with Gasteiger partial charge in [-0.25, -0.2) is 4.39 Å². The standard InChI is InChI=1S/C35H52FN7O4/c1-6-31(44)37-29(35(47)42-17-15-41(5)16-18-42)21-24-13-14-28(27(36)20-24)38-34(46)32(25-11-9-8-10-12-25)39-33(45)30-22-26(19-23(3)4)40-43(30)7-2/h13-14,20,22-23,25,29,32H,6-12,15-19,21H2,1-5H3,(H,37,44)(H,38,46)(H,39,45)/t29-,32+/m1/s1. The number of likely N-dealkylation sites (N-methyl/N-ethyl adjacent to an activating group) is 1. The van der Waals surface area contributed by atoms with Gasteiger partial charge in [0.05, 0.1) is 11.4 Å². The third-order valence-electron chi connectivity index (χ3n) is 9.17. The molecule has 1 aliphatic heterocycles. The Kier molecular flexibility index (Phi) is 12.9. The van der Waals surface area contributed by atoms with Crippen LogP contribution in [-0.2, 0) is 33.8 Å². The summed E-state index contributed by atoms with van der Waals surface area (Å²) in [6.45, 7) is 10.9. The van der Waals surface area contributed by atoms with Crippen LogP contribution in [0.4, 0.5) is 10.1 Å². The average molecular weight is 654 g/mol. The highest BCUT2D eigenvalue weighted by atomic mass is 19.1. The third kappa shape index (κ3) is 9.85. The van der Waals surface area contributed by atoms with E-state index >= 15 is 4.39 Å². The van der Waals surface area contributed by atoms with Gasteiger partial charge in [-0.1, -0.05) is 46.1 Å². The average Bonchev–Trinajstić information content (AvgIpc) is 3.47. The van der Waals surface area contributed by atoms with Gasteiger partial charge in [0, 0.05) is 45.6 Å². The quantitative estimate of drug-likeness (QED) is 0.302. The van der Waals surface area contributed by atoms with Gasteiger partial charge in [0.15, 0.2) is 0 Å². The van der Waals surface area contributed by atoms with Gasteiger partial charge in [-0.05, 0) is 68.8 Å². The molecule has 3 N–H and O–H groups in total. The molecule has 1 saturated carbocycles. The number of carbonyl (C=O) groups excluding carboxylic acids is 4. The lowest BCUT2D eigenvalue weighted by Gasteiger charge is -2.34. The van der Waals surface area contributed by atoms with E-state index in [1.807, 2.05) is 14.0 Å². The molecule has 11 nitrogen and oxygen atoms in total. The van der Waals surface area contributed by atoms with E-state index in [1.165, 1.54) is 12.1 Å². The largest absolute Gasteiger partial charge is 0.344 e. The zero-order valence-electron chi connectivity index (χ0n) is 28.6. The first-order chi connectivity index (χ1) is 22.5. The van der Waals surface area contributed by atoms with Crippen molar-refractivity contribution in [2.45, 2.75) is 97.7 Å². The van der Waals surface area contributed by atoms with Crippen LogP contribution in [0.15, 0.2) is 24.3 Å². The topological polar surface area (TPSA) is 129 Å². The number of aryl methyl sites for hydroxylation is 1. The molecule has 4 amide bonds. The number of anilines is 1. The number of benzene rings is 1. The number of carbonyl (C=O) groups is 4. The van der Waals surface area contributed by atoms with Gasteiger partial charge in [-0.2, -0.15) is 5.10 Å². The monoisotopic (exact) mass is 653 g/mol. The molecule has 2 atom stereocenters. The number of nitrogens with one attached hydrogen (secondary N) is 3. The summed E-state index contributed by atoms with van der Waals surface area (Å²) in [4.78, 5) is 56.8. The van der Waals surface area contributed by atoms with E-state index in [0.29, 0.717) is 36.8 Å².